The highest BCUT2D eigenvalue weighted by molar-refractivity contribution is 5.79. The van der Waals surface area contributed by atoms with Crippen molar-refractivity contribution in [3.8, 4) is 0 Å². The smallest absolute Gasteiger partial charge is 0.326 e. The van der Waals surface area contributed by atoms with Gasteiger partial charge in [-0.25, -0.2) is 19.2 Å². The third-order valence-electron chi connectivity index (χ3n) is 3.17. The number of aromatic nitrogens is 2. The molecule has 2 rings (SSSR count). The average Bonchev–Trinajstić information content (AvgIpc) is 2.64. The number of carbonyl (C=O) groups is 1. The molecule has 0 spiro atoms. The molecular weight excluding hydrogens is 225 g/mol. The predicted molar refractivity (Wildman–Crippen MR) is 59.3 cm³/mol. The van der Waals surface area contributed by atoms with Crippen molar-refractivity contribution in [2.24, 2.45) is 5.92 Å². The van der Waals surface area contributed by atoms with Gasteiger partial charge in [-0.3, -0.25) is 0 Å². The molecule has 0 aromatic carbocycles. The van der Waals surface area contributed by atoms with Crippen molar-refractivity contribution in [1.29, 1.82) is 0 Å². The fraction of sp³-hybridized carbons (Fsp3) is 0.545. The van der Waals surface area contributed by atoms with Crippen molar-refractivity contribution < 1.29 is 14.3 Å². The van der Waals surface area contributed by atoms with Gasteiger partial charge in [-0.1, -0.05) is 6.92 Å². The Kier molecular flexibility index (Phi) is 2.95. The van der Waals surface area contributed by atoms with Gasteiger partial charge in [0, 0.05) is 6.54 Å². The van der Waals surface area contributed by atoms with E-state index in [2.05, 4.69) is 9.97 Å². The van der Waals surface area contributed by atoms with Gasteiger partial charge >= 0.3 is 5.97 Å². The van der Waals surface area contributed by atoms with Crippen LogP contribution in [-0.2, 0) is 4.79 Å². The van der Waals surface area contributed by atoms with Crippen molar-refractivity contribution >= 4 is 11.8 Å². The number of hydrogen-bond acceptors (Lipinski definition) is 4. The summed E-state index contributed by atoms with van der Waals surface area (Å²) in [5, 5.41) is 9.17. The van der Waals surface area contributed by atoms with E-state index in [0.717, 1.165) is 6.42 Å². The molecule has 2 unspecified atom stereocenters. The standard InChI is InChI=1S/C11H14FN3O2/c1-6-3-4-15(9(6)11(16)17)10-8(12)7(2)13-5-14-10/h5-6,9H,3-4H2,1-2H3,(H,16,17). The third-order valence-corrected chi connectivity index (χ3v) is 3.17. The van der Waals surface area contributed by atoms with E-state index < -0.39 is 17.8 Å². The second kappa shape index (κ2) is 4.27. The number of carboxylic acids is 1. The van der Waals surface area contributed by atoms with Crippen LogP contribution in [0.3, 0.4) is 0 Å². The van der Waals surface area contributed by atoms with E-state index in [1.807, 2.05) is 6.92 Å². The van der Waals surface area contributed by atoms with Gasteiger partial charge in [0.1, 0.15) is 12.4 Å². The SMILES string of the molecule is Cc1ncnc(N2CCC(C)C2C(=O)O)c1F. The summed E-state index contributed by atoms with van der Waals surface area (Å²) in [6, 6.07) is -0.709. The first kappa shape index (κ1) is 11.8. The fourth-order valence-corrected chi connectivity index (χ4v) is 2.21. The Hall–Kier alpha value is -1.72. The van der Waals surface area contributed by atoms with Crippen LogP contribution < -0.4 is 4.90 Å². The number of carboxylic acid groups (broad SMARTS) is 1. The first-order chi connectivity index (χ1) is 8.02. The number of nitrogens with zero attached hydrogens (tertiary/aromatic N) is 3. The summed E-state index contributed by atoms with van der Waals surface area (Å²) in [5.74, 6) is -1.39. The minimum atomic E-state index is -0.939. The second-order valence-electron chi connectivity index (χ2n) is 4.34. The zero-order valence-electron chi connectivity index (χ0n) is 9.72. The van der Waals surface area contributed by atoms with Crippen LogP contribution in [0.2, 0.25) is 0 Å². The zero-order valence-corrected chi connectivity index (χ0v) is 9.72. The number of hydrogen-bond donors (Lipinski definition) is 1. The highest BCUT2D eigenvalue weighted by atomic mass is 19.1. The van der Waals surface area contributed by atoms with Crippen LogP contribution in [0.4, 0.5) is 10.2 Å². The van der Waals surface area contributed by atoms with E-state index >= 15 is 0 Å². The molecule has 1 aromatic heterocycles. The Morgan fingerprint density at radius 1 is 1.59 bits per heavy atom. The van der Waals surface area contributed by atoms with Gasteiger partial charge in [0.25, 0.3) is 0 Å². The number of anilines is 1. The maximum Gasteiger partial charge on any atom is 0.326 e. The molecule has 1 aromatic rings. The molecule has 1 aliphatic heterocycles. The Balaban J connectivity index is 2.39. The van der Waals surface area contributed by atoms with Crippen molar-refractivity contribution in [2.75, 3.05) is 11.4 Å². The quantitative estimate of drug-likeness (QED) is 0.840. The van der Waals surface area contributed by atoms with Crippen molar-refractivity contribution in [3.05, 3.63) is 17.8 Å². The Morgan fingerprint density at radius 2 is 2.29 bits per heavy atom. The maximum atomic E-state index is 13.9. The summed E-state index contributed by atoms with van der Waals surface area (Å²) in [5.41, 5.74) is 0.235. The lowest BCUT2D eigenvalue weighted by atomic mass is 10.0. The predicted octanol–water partition coefficient (Wildman–Crippen LogP) is 1.22. The van der Waals surface area contributed by atoms with Crippen molar-refractivity contribution in [2.45, 2.75) is 26.3 Å². The molecule has 1 aliphatic rings. The Morgan fingerprint density at radius 3 is 2.94 bits per heavy atom. The molecule has 2 heterocycles. The van der Waals surface area contributed by atoms with Crippen LogP contribution in [0.15, 0.2) is 6.33 Å². The maximum absolute atomic E-state index is 13.9. The highest BCUT2D eigenvalue weighted by Crippen LogP contribution is 2.30. The number of aliphatic carboxylic acids is 1. The lowest BCUT2D eigenvalue weighted by molar-refractivity contribution is -0.139. The van der Waals surface area contributed by atoms with Gasteiger partial charge in [0.05, 0.1) is 5.69 Å². The molecule has 5 nitrogen and oxygen atoms in total. The number of aryl methyl sites for hydroxylation is 1. The van der Waals surface area contributed by atoms with Gasteiger partial charge in [-0.05, 0) is 19.3 Å². The zero-order chi connectivity index (χ0) is 12.6. The van der Waals surface area contributed by atoms with Gasteiger partial charge in [0.2, 0.25) is 0 Å². The van der Waals surface area contributed by atoms with Crippen LogP contribution in [0.1, 0.15) is 19.0 Å². The molecule has 1 saturated heterocycles. The lowest BCUT2D eigenvalue weighted by Crippen LogP contribution is -2.40. The molecule has 1 fully saturated rings. The molecule has 0 radical (unpaired) electrons. The molecule has 0 bridgehead atoms. The average molecular weight is 239 g/mol. The van der Waals surface area contributed by atoms with Crippen LogP contribution in [-0.4, -0.2) is 33.6 Å². The van der Waals surface area contributed by atoms with Crippen molar-refractivity contribution in [1.82, 2.24) is 9.97 Å². The normalized spacial score (nSPS) is 24.1. The van der Waals surface area contributed by atoms with E-state index in [4.69, 9.17) is 5.11 Å². The molecule has 17 heavy (non-hydrogen) atoms. The van der Waals surface area contributed by atoms with Gasteiger partial charge in [-0.15, -0.1) is 0 Å². The largest absolute Gasteiger partial charge is 0.480 e. The topological polar surface area (TPSA) is 66.3 Å². The Bertz CT molecular complexity index is 452. The van der Waals surface area contributed by atoms with E-state index in [1.165, 1.54) is 18.2 Å². The summed E-state index contributed by atoms with van der Waals surface area (Å²) in [4.78, 5) is 20.3. The summed E-state index contributed by atoms with van der Waals surface area (Å²) >= 11 is 0. The molecule has 0 aliphatic carbocycles. The highest BCUT2D eigenvalue weighted by Gasteiger charge is 2.38. The van der Waals surface area contributed by atoms with Crippen LogP contribution >= 0.6 is 0 Å². The summed E-state index contributed by atoms with van der Waals surface area (Å²) in [6.45, 7) is 3.89. The molecule has 0 saturated carbocycles. The van der Waals surface area contributed by atoms with Crippen LogP contribution in [0.5, 0.6) is 0 Å². The van der Waals surface area contributed by atoms with Crippen molar-refractivity contribution in [3.63, 3.8) is 0 Å². The monoisotopic (exact) mass is 239 g/mol. The van der Waals surface area contributed by atoms with E-state index in [9.17, 15) is 9.18 Å². The van der Waals surface area contributed by atoms with Gasteiger partial charge in [0.15, 0.2) is 11.6 Å². The first-order valence-corrected chi connectivity index (χ1v) is 5.49. The minimum Gasteiger partial charge on any atom is -0.480 e. The van der Waals surface area contributed by atoms with Crippen LogP contribution in [0, 0.1) is 18.7 Å². The fourth-order valence-electron chi connectivity index (χ4n) is 2.21. The van der Waals surface area contributed by atoms with Gasteiger partial charge < -0.3 is 10.0 Å². The molecule has 6 heteroatoms. The first-order valence-electron chi connectivity index (χ1n) is 5.49. The summed E-state index contributed by atoms with van der Waals surface area (Å²) in [7, 11) is 0. The van der Waals surface area contributed by atoms with Crippen LogP contribution in [0.25, 0.3) is 0 Å². The third kappa shape index (κ3) is 1.94. The molecular formula is C11H14FN3O2. The van der Waals surface area contributed by atoms with E-state index in [0.29, 0.717) is 6.54 Å². The molecule has 92 valence electrons. The second-order valence-corrected chi connectivity index (χ2v) is 4.34. The van der Waals surface area contributed by atoms with Gasteiger partial charge in [-0.2, -0.15) is 0 Å². The summed E-state index contributed by atoms with van der Waals surface area (Å²) in [6.07, 6.45) is 1.98. The molecule has 1 N–H and O–H groups in total. The summed E-state index contributed by atoms with van der Waals surface area (Å²) < 4.78 is 13.9. The Labute approximate surface area is 98.3 Å². The molecule has 2 atom stereocenters. The minimum absolute atomic E-state index is 0.0119. The lowest BCUT2D eigenvalue weighted by Gasteiger charge is -2.24. The molecule has 0 amide bonds. The number of halogens is 1. The van der Waals surface area contributed by atoms with E-state index in [1.54, 1.807) is 0 Å². The van der Waals surface area contributed by atoms with E-state index in [-0.39, 0.29) is 17.4 Å². The number of rotatable bonds is 2.